The molecule has 0 spiro atoms. The van der Waals surface area contributed by atoms with Crippen molar-refractivity contribution in [3.8, 4) is 0 Å². The predicted molar refractivity (Wildman–Crippen MR) is 78.9 cm³/mol. The molecule has 0 atom stereocenters. The first-order valence-electron chi connectivity index (χ1n) is 12.9. The number of hydrogen-bond acceptors (Lipinski definition) is 3. The Morgan fingerprint density at radius 1 is 1.35 bits per heavy atom. The van der Waals surface area contributed by atoms with Gasteiger partial charge in [0.25, 0.3) is 5.91 Å². The van der Waals surface area contributed by atoms with Gasteiger partial charge in [0.15, 0.2) is 1.41 Å². The van der Waals surface area contributed by atoms with Crippen molar-refractivity contribution in [2.75, 3.05) is 18.3 Å². The third kappa shape index (κ3) is 2.86. The molecule has 2 aromatic rings. The van der Waals surface area contributed by atoms with Crippen LogP contribution in [-0.4, -0.2) is 23.9 Å². The summed E-state index contributed by atoms with van der Waals surface area (Å²) in [5, 5.41) is -0.546. The summed E-state index contributed by atoms with van der Waals surface area (Å²) >= 11 is 0. The number of rotatable bonds is 2. The summed E-state index contributed by atoms with van der Waals surface area (Å²) < 4.78 is 120. The van der Waals surface area contributed by atoms with Crippen molar-refractivity contribution in [2.45, 2.75) is 12.7 Å². The summed E-state index contributed by atoms with van der Waals surface area (Å²) in [6.07, 6.45) is -8.27. The molecular formula is C16H17N3O. The maximum absolute atomic E-state index is 12.9. The number of carbonyl (C=O) groups excluding carboxylic acids is 1. The lowest BCUT2D eigenvalue weighted by Gasteiger charge is -2.10. The van der Waals surface area contributed by atoms with Crippen LogP contribution in [0.2, 0.25) is 2.82 Å². The molecule has 4 heteroatoms. The summed E-state index contributed by atoms with van der Waals surface area (Å²) in [5.41, 5.74) is -3.46. The van der Waals surface area contributed by atoms with Gasteiger partial charge in [0, 0.05) is 34.6 Å². The van der Waals surface area contributed by atoms with E-state index in [1.165, 1.54) is 0 Å². The molecule has 3 rings (SSSR count). The highest BCUT2D eigenvalue weighted by Crippen LogP contribution is 2.19. The second kappa shape index (κ2) is 5.84. The van der Waals surface area contributed by atoms with Crippen LogP contribution in [0.15, 0.2) is 42.6 Å². The number of hydrogen-bond donors (Lipinski definition) is 2. The summed E-state index contributed by atoms with van der Waals surface area (Å²) in [7, 11) is 0. The van der Waals surface area contributed by atoms with Crippen LogP contribution in [0, 0.1) is 0 Å². The van der Waals surface area contributed by atoms with E-state index in [4.69, 9.17) is 20.6 Å². The van der Waals surface area contributed by atoms with E-state index in [9.17, 15) is 4.79 Å². The third-order valence-corrected chi connectivity index (χ3v) is 2.32. The molecule has 1 aromatic heterocycles. The zero-order valence-electron chi connectivity index (χ0n) is 24.9. The number of carbonyl (C=O) groups is 1. The van der Waals surface area contributed by atoms with Crippen molar-refractivity contribution in [2.24, 2.45) is 0 Å². The van der Waals surface area contributed by atoms with Gasteiger partial charge >= 0.3 is 0 Å². The predicted octanol–water partition coefficient (Wildman–Crippen LogP) is 2.02. The second-order valence-electron chi connectivity index (χ2n) is 3.60. The molecule has 1 aliphatic heterocycles. The number of aromatic nitrogens is 1. The molecule has 2 heterocycles. The monoisotopic (exact) mass is 282 g/mol. The highest BCUT2D eigenvalue weighted by Gasteiger charge is 2.10. The van der Waals surface area contributed by atoms with Crippen LogP contribution in [0.3, 0.4) is 0 Å². The van der Waals surface area contributed by atoms with Crippen LogP contribution in [0.5, 0.6) is 0 Å². The molecule has 0 saturated heterocycles. The van der Waals surface area contributed by atoms with Crippen molar-refractivity contribution in [3.05, 3.63) is 59.3 Å². The van der Waals surface area contributed by atoms with Gasteiger partial charge in [-0.2, -0.15) is 0 Å². The molecule has 0 aliphatic carbocycles. The zero-order valence-corrected chi connectivity index (χ0v) is 9.90. The number of pyridine rings is 1. The molecule has 0 radical (unpaired) electrons. The first-order valence-corrected chi connectivity index (χ1v) is 5.46. The van der Waals surface area contributed by atoms with Crippen molar-refractivity contribution in [1.82, 2.24) is 10.3 Å². The standard InChI is InChI=1S/C16H17N3O/c20-16(13-4-8-18-9-5-13)19-15-2-1-12-3-7-17-10-6-14(12)11-15/h1-2,4-5,8-9,11,17H,3,6-7,10H2,(H,19,20)/i3D2,4D,5D,6D2,7D2,8D,9D,10D2,11D/hD2. The minimum atomic E-state index is -3.52. The molecule has 1 aromatic carbocycles. The molecular weight excluding hydrogens is 250 g/mol. The van der Waals surface area contributed by atoms with E-state index in [1.54, 1.807) is 0 Å². The number of aryl methyl sites for hydroxylation is 1. The van der Waals surface area contributed by atoms with Gasteiger partial charge in [-0.3, -0.25) is 9.78 Å². The van der Waals surface area contributed by atoms with Crippen LogP contribution in [0.25, 0.3) is 0 Å². The molecule has 20 heavy (non-hydrogen) atoms. The van der Waals surface area contributed by atoms with E-state index in [2.05, 4.69) is 4.98 Å². The molecule has 0 unspecified atom stereocenters. The lowest BCUT2D eigenvalue weighted by molar-refractivity contribution is 0.102. The Labute approximate surface area is 139 Å². The smallest absolute Gasteiger partial charge is 0.255 e. The van der Waals surface area contributed by atoms with Crippen molar-refractivity contribution >= 4 is 11.6 Å². The van der Waals surface area contributed by atoms with Crippen molar-refractivity contribution in [1.29, 1.82) is 0 Å². The summed E-state index contributed by atoms with van der Waals surface area (Å²) in [6, 6.07) is -1.25. The lowest BCUT2D eigenvalue weighted by atomic mass is 10.0. The molecule has 0 saturated carbocycles. The van der Waals surface area contributed by atoms with Crippen molar-refractivity contribution < 1.29 is 25.4 Å². The van der Waals surface area contributed by atoms with E-state index in [0.29, 0.717) is 0 Å². The van der Waals surface area contributed by atoms with Gasteiger partial charge in [0.2, 0.25) is 0 Å². The van der Waals surface area contributed by atoms with Crippen LogP contribution in [0.1, 0.15) is 39.3 Å². The van der Waals surface area contributed by atoms with E-state index < -0.39 is 89.8 Å². The summed E-state index contributed by atoms with van der Waals surface area (Å²) in [5.74, 6) is -1.46. The van der Waals surface area contributed by atoms with E-state index in [0.717, 1.165) is 12.1 Å². The van der Waals surface area contributed by atoms with Crippen LogP contribution >= 0.6 is 0 Å². The minimum Gasteiger partial charge on any atom is -0.322 e. The molecule has 1 aliphatic rings. The Kier molecular flexibility index (Phi) is 1.21. The number of nitrogens with zero attached hydrogens (tertiary/aromatic N) is 1. The number of amides is 1. The molecule has 2 N–H and O–H groups in total. The SMILES string of the molecule is [2H]c1nc([2H])c([2H])c(C(=O)N([2H])c2ccc3c(c2[2H])C([2H])([2H])C([2H])([2H])N([2H])C([2H])([2H])C3([2H])[2H])c1[2H]. The quantitative estimate of drug-likeness (QED) is 0.886. The molecule has 0 bridgehead atoms. The average Bonchev–Trinajstić information content (AvgIpc) is 2.77. The first kappa shape index (κ1) is 4.15. The van der Waals surface area contributed by atoms with E-state index in [1.807, 2.05) is 0 Å². The van der Waals surface area contributed by atoms with Gasteiger partial charge in [-0.15, -0.1) is 0 Å². The van der Waals surface area contributed by atoms with Crippen LogP contribution in [-0.2, 0) is 12.7 Å². The van der Waals surface area contributed by atoms with Gasteiger partial charge in [-0.1, -0.05) is 6.07 Å². The van der Waals surface area contributed by atoms with Crippen molar-refractivity contribution in [3.63, 3.8) is 0 Å². The van der Waals surface area contributed by atoms with E-state index in [-0.39, 0.29) is 5.31 Å². The van der Waals surface area contributed by atoms with Gasteiger partial charge < -0.3 is 10.6 Å². The Bertz CT molecular complexity index is 1210. The highest BCUT2D eigenvalue weighted by atomic mass is 16.1. The second-order valence-corrected chi connectivity index (χ2v) is 3.60. The van der Waals surface area contributed by atoms with Gasteiger partial charge in [0.1, 0.15) is 1.41 Å². The lowest BCUT2D eigenvalue weighted by Crippen LogP contribution is -2.16. The number of benzene rings is 1. The maximum Gasteiger partial charge on any atom is 0.255 e. The Hall–Kier alpha value is -2.20. The maximum atomic E-state index is 12.9. The Balaban J connectivity index is 2.31. The molecule has 4 nitrogen and oxygen atoms in total. The molecule has 102 valence electrons. The topological polar surface area (TPSA) is 54.0 Å². The zero-order chi connectivity index (χ0) is 27.0. The number of nitrogens with one attached hydrogen (secondary N) is 2. The third-order valence-electron chi connectivity index (χ3n) is 2.32. The normalized spacial score (nSPS) is 36.1. The number of fused-ring (bicyclic) bond motifs is 1. The fourth-order valence-corrected chi connectivity index (χ4v) is 1.45. The molecule has 1 amide bonds. The largest absolute Gasteiger partial charge is 0.322 e. The Morgan fingerprint density at radius 2 is 2.10 bits per heavy atom. The Morgan fingerprint density at radius 3 is 2.90 bits per heavy atom. The fraction of sp³-hybridized carbons (Fsp3) is 0.250. The van der Waals surface area contributed by atoms with Crippen LogP contribution in [0.4, 0.5) is 5.69 Å². The summed E-state index contributed by atoms with van der Waals surface area (Å²) in [6.45, 7) is -6.93. The number of anilines is 1. The molecule has 0 fully saturated rings. The first-order chi connectivity index (χ1) is 15.7. The summed E-state index contributed by atoms with van der Waals surface area (Å²) in [4.78, 5) is 16.2. The fourth-order valence-electron chi connectivity index (χ4n) is 1.45. The van der Waals surface area contributed by atoms with Gasteiger partial charge in [-0.05, 0) is 61.1 Å². The van der Waals surface area contributed by atoms with E-state index >= 15 is 0 Å². The highest BCUT2D eigenvalue weighted by molar-refractivity contribution is 6.04. The van der Waals surface area contributed by atoms with Gasteiger partial charge in [0.05, 0.1) is 6.85 Å². The van der Waals surface area contributed by atoms with Crippen LogP contribution < -0.4 is 10.6 Å². The average molecular weight is 282 g/mol. The van der Waals surface area contributed by atoms with Gasteiger partial charge in [-0.25, -0.2) is 0 Å². The minimum absolute atomic E-state index is 0.0495.